The van der Waals surface area contributed by atoms with E-state index in [1.54, 1.807) is 24.3 Å². The van der Waals surface area contributed by atoms with Crippen LogP contribution in [0.4, 0.5) is 10.1 Å². The molecule has 2 fully saturated rings. The Morgan fingerprint density at radius 2 is 1.56 bits per heavy atom. The maximum atomic E-state index is 13.2. The first-order chi connectivity index (χ1) is 13.0. The minimum Gasteiger partial charge on any atom is -0.333 e. The molecule has 2 amide bonds. The fourth-order valence-electron chi connectivity index (χ4n) is 4.56. The van der Waals surface area contributed by atoms with Crippen molar-refractivity contribution < 1.29 is 14.0 Å². The Kier molecular flexibility index (Phi) is 4.68. The molecule has 0 spiro atoms. The van der Waals surface area contributed by atoms with Gasteiger partial charge in [-0.2, -0.15) is 0 Å². The number of carbonyl (C=O) groups is 2. The molecule has 1 unspecified atom stereocenters. The summed E-state index contributed by atoms with van der Waals surface area (Å²) in [5, 5.41) is 2.72. The molecule has 1 N–H and O–H groups in total. The van der Waals surface area contributed by atoms with Crippen molar-refractivity contribution in [2.75, 3.05) is 5.32 Å². The van der Waals surface area contributed by atoms with E-state index in [1.807, 2.05) is 17.0 Å². The van der Waals surface area contributed by atoms with Gasteiger partial charge in [-0.05, 0) is 73.6 Å². The van der Waals surface area contributed by atoms with Crippen LogP contribution in [0, 0.1) is 5.82 Å². The number of nitrogens with zero attached hydrogens (tertiary/aromatic N) is 1. The zero-order valence-corrected chi connectivity index (χ0v) is 15.3. The number of nitrogens with one attached hydrogen (secondary N) is 1. The van der Waals surface area contributed by atoms with Crippen molar-refractivity contribution in [2.24, 2.45) is 0 Å². The molecule has 2 bridgehead atoms. The van der Waals surface area contributed by atoms with Crippen molar-refractivity contribution in [3.8, 4) is 0 Å². The minimum atomic E-state index is -0.211. The molecule has 140 valence electrons. The largest absolute Gasteiger partial charge is 0.333 e. The third-order valence-electron chi connectivity index (χ3n) is 5.76. The molecule has 2 aromatic carbocycles. The molecule has 27 heavy (non-hydrogen) atoms. The van der Waals surface area contributed by atoms with E-state index in [-0.39, 0.29) is 29.7 Å². The quantitative estimate of drug-likeness (QED) is 0.879. The van der Waals surface area contributed by atoms with Crippen LogP contribution in [-0.4, -0.2) is 28.8 Å². The Bertz CT molecular complexity index is 834. The summed E-state index contributed by atoms with van der Waals surface area (Å²) in [7, 11) is 0. The number of benzene rings is 2. The highest BCUT2D eigenvalue weighted by molar-refractivity contribution is 5.96. The van der Waals surface area contributed by atoms with E-state index in [2.05, 4.69) is 5.32 Å². The first-order valence-electron chi connectivity index (χ1n) is 9.47. The van der Waals surface area contributed by atoms with Crippen molar-refractivity contribution in [3.63, 3.8) is 0 Å². The lowest BCUT2D eigenvalue weighted by atomic mass is 9.85. The molecule has 4 rings (SSSR count). The van der Waals surface area contributed by atoms with Gasteiger partial charge in [0, 0.05) is 30.3 Å². The summed E-state index contributed by atoms with van der Waals surface area (Å²) in [6.07, 6.45) is 3.91. The smallest absolute Gasteiger partial charge is 0.254 e. The van der Waals surface area contributed by atoms with E-state index in [9.17, 15) is 14.0 Å². The van der Waals surface area contributed by atoms with E-state index in [0.29, 0.717) is 17.2 Å². The van der Waals surface area contributed by atoms with Crippen molar-refractivity contribution in [2.45, 2.75) is 50.6 Å². The molecule has 2 saturated heterocycles. The SMILES string of the molecule is CC(=O)Nc1ccc(C(=O)N2[C@@H]3CC[C@H]2CC(c2ccc(F)cc2)C3)cc1. The predicted molar refractivity (Wildman–Crippen MR) is 102 cm³/mol. The van der Waals surface area contributed by atoms with Crippen LogP contribution in [0.1, 0.15) is 54.4 Å². The van der Waals surface area contributed by atoms with E-state index in [4.69, 9.17) is 0 Å². The zero-order valence-electron chi connectivity index (χ0n) is 15.3. The maximum Gasteiger partial charge on any atom is 0.254 e. The summed E-state index contributed by atoms with van der Waals surface area (Å²) in [5.74, 6) is 0.107. The number of fused-ring (bicyclic) bond motifs is 2. The van der Waals surface area contributed by atoms with Crippen LogP contribution in [0.2, 0.25) is 0 Å². The van der Waals surface area contributed by atoms with Crippen molar-refractivity contribution >= 4 is 17.5 Å². The second-order valence-electron chi connectivity index (χ2n) is 7.58. The highest BCUT2D eigenvalue weighted by atomic mass is 19.1. The van der Waals surface area contributed by atoms with Crippen LogP contribution in [0.15, 0.2) is 48.5 Å². The molecule has 0 saturated carbocycles. The van der Waals surface area contributed by atoms with Crippen LogP contribution in [0.5, 0.6) is 0 Å². The lowest BCUT2D eigenvalue weighted by Crippen LogP contribution is -2.46. The topological polar surface area (TPSA) is 49.4 Å². The fraction of sp³-hybridized carbons (Fsp3) is 0.364. The van der Waals surface area contributed by atoms with Gasteiger partial charge < -0.3 is 10.2 Å². The lowest BCUT2D eigenvalue weighted by molar-refractivity contribution is -0.114. The van der Waals surface area contributed by atoms with E-state index >= 15 is 0 Å². The predicted octanol–water partition coefficient (Wildman–Crippen LogP) is 4.33. The number of halogens is 1. The van der Waals surface area contributed by atoms with Crippen molar-refractivity contribution in [3.05, 3.63) is 65.5 Å². The highest BCUT2D eigenvalue weighted by Crippen LogP contribution is 2.43. The molecule has 2 aliphatic rings. The molecule has 4 nitrogen and oxygen atoms in total. The van der Waals surface area contributed by atoms with Gasteiger partial charge in [-0.3, -0.25) is 9.59 Å². The second-order valence-corrected chi connectivity index (χ2v) is 7.58. The monoisotopic (exact) mass is 366 g/mol. The molecule has 0 radical (unpaired) electrons. The van der Waals surface area contributed by atoms with Crippen LogP contribution >= 0.6 is 0 Å². The molecule has 3 atom stereocenters. The van der Waals surface area contributed by atoms with Gasteiger partial charge in [-0.15, -0.1) is 0 Å². The van der Waals surface area contributed by atoms with Gasteiger partial charge in [0.1, 0.15) is 5.82 Å². The molecule has 2 heterocycles. The second kappa shape index (κ2) is 7.14. The number of carbonyl (C=O) groups excluding carboxylic acids is 2. The fourth-order valence-corrected chi connectivity index (χ4v) is 4.56. The van der Waals surface area contributed by atoms with Crippen LogP contribution < -0.4 is 5.32 Å². The Hall–Kier alpha value is -2.69. The third-order valence-corrected chi connectivity index (χ3v) is 5.76. The number of anilines is 1. The Morgan fingerprint density at radius 3 is 2.11 bits per heavy atom. The average molecular weight is 366 g/mol. The summed E-state index contributed by atoms with van der Waals surface area (Å²) < 4.78 is 13.2. The Morgan fingerprint density at radius 1 is 0.963 bits per heavy atom. The van der Waals surface area contributed by atoms with Crippen LogP contribution in [0.3, 0.4) is 0 Å². The first kappa shape index (κ1) is 17.7. The average Bonchev–Trinajstić information content (AvgIpc) is 2.91. The van der Waals surface area contributed by atoms with Gasteiger partial charge >= 0.3 is 0 Å². The summed E-state index contributed by atoms with van der Waals surface area (Å²) in [6, 6.07) is 14.3. The number of rotatable bonds is 3. The Balaban J connectivity index is 1.48. The summed E-state index contributed by atoms with van der Waals surface area (Å²) in [4.78, 5) is 26.3. The molecule has 5 heteroatoms. The third kappa shape index (κ3) is 3.59. The molecular weight excluding hydrogens is 343 g/mol. The lowest BCUT2D eigenvalue weighted by Gasteiger charge is -2.39. The standard InChI is InChI=1S/C22H23FN2O2/c1-14(26)24-19-8-4-16(5-9-19)22(27)25-20-10-11-21(25)13-17(12-20)15-2-6-18(23)7-3-15/h2-9,17,20-21H,10-13H2,1H3,(H,24,26)/t17?,20-,21+. The number of amides is 2. The summed E-state index contributed by atoms with van der Waals surface area (Å²) in [5.41, 5.74) is 2.51. The molecule has 2 aliphatic heterocycles. The van der Waals surface area contributed by atoms with Gasteiger partial charge in [0.25, 0.3) is 5.91 Å². The normalized spacial score (nSPS) is 23.9. The minimum absolute atomic E-state index is 0.0643. The number of piperidine rings is 1. The molecule has 0 aromatic heterocycles. The van der Waals surface area contributed by atoms with Gasteiger partial charge in [0.15, 0.2) is 0 Å². The van der Waals surface area contributed by atoms with Gasteiger partial charge in [0.2, 0.25) is 5.91 Å². The maximum absolute atomic E-state index is 13.2. The van der Waals surface area contributed by atoms with E-state index < -0.39 is 0 Å². The van der Waals surface area contributed by atoms with Gasteiger partial charge in [-0.25, -0.2) is 4.39 Å². The highest BCUT2D eigenvalue weighted by Gasteiger charge is 2.43. The van der Waals surface area contributed by atoms with Crippen LogP contribution in [-0.2, 0) is 4.79 Å². The van der Waals surface area contributed by atoms with E-state index in [0.717, 1.165) is 25.7 Å². The van der Waals surface area contributed by atoms with Gasteiger partial charge in [0.05, 0.1) is 0 Å². The molecular formula is C22H23FN2O2. The van der Waals surface area contributed by atoms with Crippen molar-refractivity contribution in [1.82, 2.24) is 4.90 Å². The molecule has 2 aromatic rings. The first-order valence-corrected chi connectivity index (χ1v) is 9.47. The Labute approximate surface area is 158 Å². The van der Waals surface area contributed by atoms with E-state index in [1.165, 1.54) is 24.6 Å². The van der Waals surface area contributed by atoms with Crippen molar-refractivity contribution in [1.29, 1.82) is 0 Å². The van der Waals surface area contributed by atoms with Crippen LogP contribution in [0.25, 0.3) is 0 Å². The number of hydrogen-bond donors (Lipinski definition) is 1. The number of hydrogen-bond acceptors (Lipinski definition) is 2. The molecule has 0 aliphatic carbocycles. The van der Waals surface area contributed by atoms with Gasteiger partial charge in [-0.1, -0.05) is 12.1 Å². The summed E-state index contributed by atoms with van der Waals surface area (Å²) >= 11 is 0. The summed E-state index contributed by atoms with van der Waals surface area (Å²) in [6.45, 7) is 1.46. The zero-order chi connectivity index (χ0) is 19.0.